The largest absolute Gasteiger partial charge is 0.478 e. The van der Waals surface area contributed by atoms with Gasteiger partial charge in [0, 0.05) is 12.6 Å². The third-order valence-electron chi connectivity index (χ3n) is 3.51. The van der Waals surface area contributed by atoms with Gasteiger partial charge in [0.05, 0.1) is 5.56 Å². The van der Waals surface area contributed by atoms with E-state index in [2.05, 4.69) is 32.6 Å². The van der Waals surface area contributed by atoms with Gasteiger partial charge in [0.2, 0.25) is 0 Å². The van der Waals surface area contributed by atoms with Gasteiger partial charge < -0.3 is 5.11 Å². The Morgan fingerprint density at radius 2 is 2.00 bits per heavy atom. The summed E-state index contributed by atoms with van der Waals surface area (Å²) < 4.78 is 0. The number of rotatable bonds is 6. The molecule has 0 amide bonds. The van der Waals surface area contributed by atoms with Crippen molar-refractivity contribution in [2.75, 3.05) is 6.54 Å². The molecule has 1 atom stereocenters. The first-order valence-corrected chi connectivity index (χ1v) is 6.52. The van der Waals surface area contributed by atoms with Crippen LogP contribution in [0.15, 0.2) is 24.3 Å². The lowest BCUT2D eigenvalue weighted by Gasteiger charge is -2.30. The summed E-state index contributed by atoms with van der Waals surface area (Å²) in [5, 5.41) is 8.98. The van der Waals surface area contributed by atoms with Crippen molar-refractivity contribution in [1.29, 1.82) is 0 Å². The summed E-state index contributed by atoms with van der Waals surface area (Å²) in [5.41, 5.74) is 1.42. The number of carbonyl (C=O) groups is 1. The Morgan fingerprint density at radius 3 is 2.50 bits per heavy atom. The predicted molar refractivity (Wildman–Crippen MR) is 73.8 cm³/mol. The summed E-state index contributed by atoms with van der Waals surface area (Å²) in [5.74, 6) is -0.274. The first-order chi connectivity index (χ1) is 8.45. The van der Waals surface area contributed by atoms with Gasteiger partial charge in [0.1, 0.15) is 0 Å². The second-order valence-electron chi connectivity index (χ2n) is 5.05. The monoisotopic (exact) mass is 249 g/mol. The molecule has 0 aliphatic rings. The molecule has 0 saturated carbocycles. The van der Waals surface area contributed by atoms with E-state index in [9.17, 15) is 4.79 Å². The van der Waals surface area contributed by atoms with Crippen molar-refractivity contribution in [2.24, 2.45) is 5.92 Å². The third kappa shape index (κ3) is 3.84. The van der Waals surface area contributed by atoms with E-state index in [0.717, 1.165) is 18.7 Å². The summed E-state index contributed by atoms with van der Waals surface area (Å²) in [6.07, 6.45) is 0. The molecule has 1 rings (SSSR count). The predicted octanol–water partition coefficient (Wildman–Crippen LogP) is 3.25. The maximum absolute atomic E-state index is 10.9. The topological polar surface area (TPSA) is 40.5 Å². The lowest BCUT2D eigenvalue weighted by Crippen LogP contribution is -2.36. The quantitative estimate of drug-likeness (QED) is 0.841. The average Bonchev–Trinajstić information content (AvgIpc) is 2.35. The lowest BCUT2D eigenvalue weighted by atomic mass is 10.0. The Labute approximate surface area is 109 Å². The molecule has 1 aromatic carbocycles. The van der Waals surface area contributed by atoms with Gasteiger partial charge >= 0.3 is 5.97 Å². The van der Waals surface area contributed by atoms with E-state index in [1.807, 2.05) is 12.1 Å². The maximum Gasteiger partial charge on any atom is 0.335 e. The number of carboxylic acid groups (broad SMARTS) is 1. The van der Waals surface area contributed by atoms with Gasteiger partial charge in [-0.3, -0.25) is 4.90 Å². The standard InChI is InChI=1S/C15H23NO2/c1-5-16(12(4)11(2)3)10-13-7-6-8-14(9-13)15(17)18/h6-9,11-12H,5,10H2,1-4H3,(H,17,18). The van der Waals surface area contributed by atoms with Gasteiger partial charge in [0.15, 0.2) is 0 Å². The summed E-state index contributed by atoms with van der Waals surface area (Å²) in [6.45, 7) is 10.5. The molecule has 100 valence electrons. The van der Waals surface area contributed by atoms with Crippen molar-refractivity contribution < 1.29 is 9.90 Å². The smallest absolute Gasteiger partial charge is 0.335 e. The van der Waals surface area contributed by atoms with E-state index in [1.165, 1.54) is 0 Å². The van der Waals surface area contributed by atoms with Crippen molar-refractivity contribution in [3.05, 3.63) is 35.4 Å². The lowest BCUT2D eigenvalue weighted by molar-refractivity contribution is 0.0696. The molecule has 0 radical (unpaired) electrons. The Morgan fingerprint density at radius 1 is 1.33 bits per heavy atom. The minimum Gasteiger partial charge on any atom is -0.478 e. The highest BCUT2D eigenvalue weighted by Crippen LogP contribution is 2.15. The first-order valence-electron chi connectivity index (χ1n) is 6.52. The summed E-state index contributed by atoms with van der Waals surface area (Å²) in [4.78, 5) is 13.3. The van der Waals surface area contributed by atoms with Crippen LogP contribution >= 0.6 is 0 Å². The van der Waals surface area contributed by atoms with Crippen LogP contribution in [0.3, 0.4) is 0 Å². The van der Waals surface area contributed by atoms with Crippen molar-refractivity contribution in [2.45, 2.75) is 40.3 Å². The second kappa shape index (κ2) is 6.55. The van der Waals surface area contributed by atoms with Gasteiger partial charge in [-0.15, -0.1) is 0 Å². The normalized spacial score (nSPS) is 13.0. The SMILES string of the molecule is CCN(Cc1cccc(C(=O)O)c1)C(C)C(C)C. The zero-order valence-electron chi connectivity index (χ0n) is 11.7. The molecule has 0 spiro atoms. The van der Waals surface area contributed by atoms with Gasteiger partial charge in [-0.2, -0.15) is 0 Å². The first kappa shape index (κ1) is 14.7. The fraction of sp³-hybridized carbons (Fsp3) is 0.533. The van der Waals surface area contributed by atoms with Crippen molar-refractivity contribution in [1.82, 2.24) is 4.90 Å². The van der Waals surface area contributed by atoms with E-state index < -0.39 is 5.97 Å². The molecule has 0 aliphatic heterocycles. The Hall–Kier alpha value is -1.35. The number of benzene rings is 1. The molecule has 0 saturated heterocycles. The molecule has 3 nitrogen and oxygen atoms in total. The van der Waals surface area contributed by atoms with Crippen molar-refractivity contribution >= 4 is 5.97 Å². The highest BCUT2D eigenvalue weighted by atomic mass is 16.4. The summed E-state index contributed by atoms with van der Waals surface area (Å²) >= 11 is 0. The van der Waals surface area contributed by atoms with Crippen LogP contribution in [0.5, 0.6) is 0 Å². The fourth-order valence-electron chi connectivity index (χ4n) is 2.00. The minimum absolute atomic E-state index is 0.362. The van der Waals surface area contributed by atoms with E-state index in [-0.39, 0.29) is 0 Å². The van der Waals surface area contributed by atoms with Crippen LogP contribution in [0.1, 0.15) is 43.6 Å². The van der Waals surface area contributed by atoms with Gasteiger partial charge in [0.25, 0.3) is 0 Å². The van der Waals surface area contributed by atoms with Crippen LogP contribution in [0.2, 0.25) is 0 Å². The van der Waals surface area contributed by atoms with E-state index in [4.69, 9.17) is 5.11 Å². The highest BCUT2D eigenvalue weighted by molar-refractivity contribution is 5.87. The molecule has 0 bridgehead atoms. The molecule has 0 heterocycles. The minimum atomic E-state index is -0.864. The zero-order chi connectivity index (χ0) is 13.7. The number of hydrogen-bond acceptors (Lipinski definition) is 2. The number of aromatic carboxylic acids is 1. The Kier molecular flexibility index (Phi) is 5.35. The van der Waals surface area contributed by atoms with Gasteiger partial charge in [-0.1, -0.05) is 32.9 Å². The molecule has 1 N–H and O–H groups in total. The molecule has 3 heteroatoms. The van der Waals surface area contributed by atoms with Crippen LogP contribution in [0.25, 0.3) is 0 Å². The maximum atomic E-state index is 10.9. The average molecular weight is 249 g/mol. The molecule has 0 aliphatic carbocycles. The van der Waals surface area contributed by atoms with E-state index >= 15 is 0 Å². The van der Waals surface area contributed by atoms with E-state index in [1.54, 1.807) is 12.1 Å². The molecule has 1 unspecified atom stereocenters. The molecule has 1 aromatic rings. The van der Waals surface area contributed by atoms with Crippen LogP contribution in [-0.4, -0.2) is 28.6 Å². The Balaban J connectivity index is 2.82. The number of nitrogens with zero attached hydrogens (tertiary/aromatic N) is 1. The molecular weight excluding hydrogens is 226 g/mol. The number of carboxylic acids is 1. The van der Waals surface area contributed by atoms with E-state index in [0.29, 0.717) is 17.5 Å². The molecule has 18 heavy (non-hydrogen) atoms. The summed E-state index contributed by atoms with van der Waals surface area (Å²) in [6, 6.07) is 7.68. The highest BCUT2D eigenvalue weighted by Gasteiger charge is 2.16. The second-order valence-corrected chi connectivity index (χ2v) is 5.05. The Bertz CT molecular complexity index is 401. The zero-order valence-corrected chi connectivity index (χ0v) is 11.7. The van der Waals surface area contributed by atoms with Crippen molar-refractivity contribution in [3.63, 3.8) is 0 Å². The van der Waals surface area contributed by atoms with Crippen LogP contribution in [-0.2, 0) is 6.54 Å². The molecular formula is C15H23NO2. The fourth-order valence-corrected chi connectivity index (χ4v) is 2.00. The number of hydrogen-bond donors (Lipinski definition) is 1. The molecule has 0 aromatic heterocycles. The third-order valence-corrected chi connectivity index (χ3v) is 3.51. The summed E-state index contributed by atoms with van der Waals surface area (Å²) in [7, 11) is 0. The van der Waals surface area contributed by atoms with Crippen molar-refractivity contribution in [3.8, 4) is 0 Å². The van der Waals surface area contributed by atoms with Crippen LogP contribution in [0.4, 0.5) is 0 Å². The van der Waals surface area contributed by atoms with Crippen LogP contribution < -0.4 is 0 Å². The van der Waals surface area contributed by atoms with Crippen LogP contribution in [0, 0.1) is 5.92 Å². The van der Waals surface area contributed by atoms with Gasteiger partial charge in [-0.25, -0.2) is 4.79 Å². The molecule has 0 fully saturated rings. The van der Waals surface area contributed by atoms with Gasteiger partial charge in [-0.05, 0) is 37.1 Å².